The van der Waals surface area contributed by atoms with Crippen LogP contribution in [0.25, 0.3) is 0 Å². The van der Waals surface area contributed by atoms with E-state index >= 15 is 0 Å². The van der Waals surface area contributed by atoms with Crippen LogP contribution in [-0.4, -0.2) is 36.1 Å². The average Bonchev–Trinajstić information content (AvgIpc) is 3.00. The van der Waals surface area contributed by atoms with Crippen LogP contribution in [0.15, 0.2) is 35.6 Å². The molecule has 0 radical (unpaired) electrons. The molecule has 0 atom stereocenters. The molecule has 0 aliphatic heterocycles. The Morgan fingerprint density at radius 3 is 2.74 bits per heavy atom. The van der Waals surface area contributed by atoms with Gasteiger partial charge >= 0.3 is 0 Å². The third-order valence-electron chi connectivity index (χ3n) is 3.17. The highest BCUT2D eigenvalue weighted by atomic mass is 32.1. The first-order valence-electron chi connectivity index (χ1n) is 7.78. The number of guanidine groups is 1. The molecule has 7 heteroatoms. The first kappa shape index (κ1) is 17.2. The largest absolute Gasteiger partial charge is 0.370 e. The zero-order chi connectivity index (χ0) is 16.3. The van der Waals surface area contributed by atoms with E-state index in [0.717, 1.165) is 42.7 Å². The summed E-state index contributed by atoms with van der Waals surface area (Å²) in [4.78, 5) is 14.0. The Morgan fingerprint density at radius 2 is 2.04 bits per heavy atom. The van der Waals surface area contributed by atoms with Gasteiger partial charge in [0.1, 0.15) is 10.8 Å². The first-order chi connectivity index (χ1) is 11.3. The molecular formula is C16H24N6S. The fourth-order valence-corrected chi connectivity index (χ4v) is 2.73. The standard InChI is InChI=1S/C16H24N6S/c1-13-11-21-15(23-13)12-22-16(17-2)20-10-6-5-9-19-14-7-3-4-8-18-14/h3-4,7-8,11H,5-6,9-10,12H2,1-2H3,(H,18,19)(H2,17,20,22). The van der Waals surface area contributed by atoms with E-state index in [0.29, 0.717) is 6.54 Å². The van der Waals surface area contributed by atoms with E-state index in [2.05, 4.69) is 37.8 Å². The summed E-state index contributed by atoms with van der Waals surface area (Å²) in [5.41, 5.74) is 0. The van der Waals surface area contributed by atoms with Crippen LogP contribution >= 0.6 is 11.3 Å². The lowest BCUT2D eigenvalue weighted by Gasteiger charge is -2.11. The fourth-order valence-electron chi connectivity index (χ4n) is 2.00. The molecule has 3 N–H and O–H groups in total. The van der Waals surface area contributed by atoms with E-state index in [1.807, 2.05) is 24.4 Å². The Bertz CT molecular complexity index is 596. The van der Waals surface area contributed by atoms with E-state index < -0.39 is 0 Å². The number of pyridine rings is 1. The monoisotopic (exact) mass is 332 g/mol. The van der Waals surface area contributed by atoms with Gasteiger partial charge in [0.15, 0.2) is 5.96 Å². The summed E-state index contributed by atoms with van der Waals surface area (Å²) in [5.74, 6) is 1.74. The Labute approximate surface area is 141 Å². The highest BCUT2D eigenvalue weighted by Gasteiger charge is 2.01. The van der Waals surface area contributed by atoms with Crippen LogP contribution in [0, 0.1) is 6.92 Å². The molecule has 6 nitrogen and oxygen atoms in total. The minimum Gasteiger partial charge on any atom is -0.370 e. The summed E-state index contributed by atoms with van der Waals surface area (Å²) in [6.07, 6.45) is 5.83. The van der Waals surface area contributed by atoms with E-state index in [9.17, 15) is 0 Å². The molecule has 0 spiro atoms. The summed E-state index contributed by atoms with van der Waals surface area (Å²) in [6, 6.07) is 5.88. The number of hydrogen-bond acceptors (Lipinski definition) is 5. The first-order valence-corrected chi connectivity index (χ1v) is 8.60. The molecule has 0 aliphatic carbocycles. The van der Waals surface area contributed by atoms with Crippen molar-refractivity contribution in [2.45, 2.75) is 26.3 Å². The number of unbranched alkanes of at least 4 members (excludes halogenated alkanes) is 1. The maximum atomic E-state index is 4.33. The normalized spacial score (nSPS) is 11.3. The topological polar surface area (TPSA) is 74.2 Å². The van der Waals surface area contributed by atoms with Gasteiger partial charge in [-0.05, 0) is 31.9 Å². The molecule has 0 bridgehead atoms. The molecule has 0 saturated heterocycles. The van der Waals surface area contributed by atoms with Crippen molar-refractivity contribution in [3.63, 3.8) is 0 Å². The van der Waals surface area contributed by atoms with Crippen LogP contribution in [0.4, 0.5) is 5.82 Å². The lowest BCUT2D eigenvalue weighted by atomic mass is 10.3. The number of aromatic nitrogens is 2. The number of rotatable bonds is 8. The average molecular weight is 332 g/mol. The molecule has 0 aliphatic rings. The predicted octanol–water partition coefficient (Wildman–Crippen LogP) is 2.40. The van der Waals surface area contributed by atoms with Gasteiger partial charge in [0, 0.05) is 37.4 Å². The summed E-state index contributed by atoms with van der Waals surface area (Å²) in [7, 11) is 1.78. The molecule has 0 unspecified atom stereocenters. The molecular weight excluding hydrogens is 308 g/mol. The molecule has 2 aromatic rings. The number of anilines is 1. The highest BCUT2D eigenvalue weighted by molar-refractivity contribution is 7.11. The maximum Gasteiger partial charge on any atom is 0.191 e. The summed E-state index contributed by atoms with van der Waals surface area (Å²) in [6.45, 7) is 4.58. The van der Waals surface area contributed by atoms with Gasteiger partial charge in [-0.2, -0.15) is 0 Å². The van der Waals surface area contributed by atoms with Crippen LogP contribution < -0.4 is 16.0 Å². The van der Waals surface area contributed by atoms with Gasteiger partial charge in [0.2, 0.25) is 0 Å². The number of thiazole rings is 1. The van der Waals surface area contributed by atoms with E-state index in [1.54, 1.807) is 24.6 Å². The quantitative estimate of drug-likeness (QED) is 0.393. The maximum absolute atomic E-state index is 4.33. The highest BCUT2D eigenvalue weighted by Crippen LogP contribution is 2.10. The molecule has 0 fully saturated rings. The third kappa shape index (κ3) is 6.65. The minimum absolute atomic E-state index is 0.708. The lowest BCUT2D eigenvalue weighted by Crippen LogP contribution is -2.37. The second-order valence-corrected chi connectivity index (χ2v) is 6.39. The summed E-state index contributed by atoms with van der Waals surface area (Å²) < 4.78 is 0. The van der Waals surface area contributed by atoms with E-state index in [1.165, 1.54) is 4.88 Å². The Balaban J connectivity index is 1.55. The second kappa shape index (κ2) is 9.78. The van der Waals surface area contributed by atoms with Gasteiger partial charge in [0.25, 0.3) is 0 Å². The Kier molecular flexibility index (Phi) is 7.32. The molecule has 0 amide bonds. The molecule has 2 heterocycles. The van der Waals surface area contributed by atoms with Crippen LogP contribution in [-0.2, 0) is 6.54 Å². The van der Waals surface area contributed by atoms with Crippen molar-refractivity contribution >= 4 is 23.1 Å². The van der Waals surface area contributed by atoms with Crippen molar-refractivity contribution in [2.75, 3.05) is 25.5 Å². The van der Waals surface area contributed by atoms with Crippen LogP contribution in [0.5, 0.6) is 0 Å². The van der Waals surface area contributed by atoms with E-state index in [4.69, 9.17) is 0 Å². The molecule has 0 aromatic carbocycles. The van der Waals surface area contributed by atoms with Gasteiger partial charge in [-0.1, -0.05) is 6.07 Å². The fraction of sp³-hybridized carbons (Fsp3) is 0.438. The predicted molar refractivity (Wildman–Crippen MR) is 97.0 cm³/mol. The smallest absolute Gasteiger partial charge is 0.191 e. The number of nitrogens with zero attached hydrogens (tertiary/aromatic N) is 3. The van der Waals surface area contributed by atoms with Crippen LogP contribution in [0.3, 0.4) is 0 Å². The van der Waals surface area contributed by atoms with Crippen LogP contribution in [0.1, 0.15) is 22.7 Å². The third-order valence-corrected chi connectivity index (χ3v) is 4.08. The van der Waals surface area contributed by atoms with E-state index in [-0.39, 0.29) is 0 Å². The van der Waals surface area contributed by atoms with Gasteiger partial charge in [-0.15, -0.1) is 11.3 Å². The van der Waals surface area contributed by atoms with Gasteiger partial charge in [-0.25, -0.2) is 9.97 Å². The van der Waals surface area contributed by atoms with Crippen molar-refractivity contribution < 1.29 is 0 Å². The molecule has 23 heavy (non-hydrogen) atoms. The minimum atomic E-state index is 0.708. The molecule has 2 rings (SSSR count). The lowest BCUT2D eigenvalue weighted by molar-refractivity contribution is 0.711. The number of hydrogen-bond donors (Lipinski definition) is 3. The molecule has 124 valence electrons. The van der Waals surface area contributed by atoms with Crippen molar-refractivity contribution in [2.24, 2.45) is 4.99 Å². The Hall–Kier alpha value is -2.15. The zero-order valence-electron chi connectivity index (χ0n) is 13.7. The van der Waals surface area contributed by atoms with Crippen molar-refractivity contribution in [1.82, 2.24) is 20.6 Å². The summed E-state index contributed by atoms with van der Waals surface area (Å²) >= 11 is 1.70. The Morgan fingerprint density at radius 1 is 1.17 bits per heavy atom. The SMILES string of the molecule is CN=C(NCCCCNc1ccccn1)NCc1ncc(C)s1. The number of nitrogens with one attached hydrogen (secondary N) is 3. The van der Waals surface area contributed by atoms with Crippen molar-refractivity contribution in [3.8, 4) is 0 Å². The van der Waals surface area contributed by atoms with Gasteiger partial charge in [0.05, 0.1) is 6.54 Å². The molecule has 0 saturated carbocycles. The van der Waals surface area contributed by atoms with Gasteiger partial charge in [-0.3, -0.25) is 4.99 Å². The van der Waals surface area contributed by atoms with Crippen molar-refractivity contribution in [1.29, 1.82) is 0 Å². The number of aliphatic imine (C=N–C) groups is 1. The number of aryl methyl sites for hydroxylation is 1. The van der Waals surface area contributed by atoms with Gasteiger partial charge < -0.3 is 16.0 Å². The second-order valence-electron chi connectivity index (χ2n) is 5.07. The molecule has 2 aromatic heterocycles. The summed E-state index contributed by atoms with van der Waals surface area (Å²) in [5, 5.41) is 11.0. The van der Waals surface area contributed by atoms with Crippen LogP contribution in [0.2, 0.25) is 0 Å². The zero-order valence-corrected chi connectivity index (χ0v) is 14.5. The van der Waals surface area contributed by atoms with Crippen molar-refractivity contribution in [3.05, 3.63) is 40.5 Å².